The molecule has 0 bridgehead atoms. The Kier molecular flexibility index (Phi) is 4.57. The highest BCUT2D eigenvalue weighted by Gasteiger charge is 2.17. The van der Waals surface area contributed by atoms with Crippen LogP contribution in [0, 0.1) is 0 Å². The lowest BCUT2D eigenvalue weighted by Crippen LogP contribution is -1.93. The molecule has 0 saturated heterocycles. The molecule has 128 valence electrons. The number of rotatable bonds is 5. The SMILES string of the molecule is COc1cccc(-c2nnc(Nc3ccccc3)s2)c1-c1ccccn1. The van der Waals surface area contributed by atoms with Gasteiger partial charge in [0.2, 0.25) is 5.13 Å². The zero-order chi connectivity index (χ0) is 17.8. The van der Waals surface area contributed by atoms with Gasteiger partial charge < -0.3 is 10.1 Å². The van der Waals surface area contributed by atoms with E-state index in [1.54, 1.807) is 13.3 Å². The Hall–Kier alpha value is -3.25. The monoisotopic (exact) mass is 360 g/mol. The number of benzene rings is 2. The highest BCUT2D eigenvalue weighted by atomic mass is 32.1. The molecule has 0 amide bonds. The molecule has 0 radical (unpaired) electrons. The number of hydrogen-bond donors (Lipinski definition) is 1. The smallest absolute Gasteiger partial charge is 0.210 e. The topological polar surface area (TPSA) is 59.9 Å². The molecular formula is C20H16N4OS. The molecule has 2 aromatic heterocycles. The summed E-state index contributed by atoms with van der Waals surface area (Å²) in [7, 11) is 1.66. The summed E-state index contributed by atoms with van der Waals surface area (Å²) in [5, 5.41) is 13.5. The van der Waals surface area contributed by atoms with Crippen molar-refractivity contribution < 1.29 is 4.74 Å². The molecule has 4 rings (SSSR count). The lowest BCUT2D eigenvalue weighted by atomic mass is 10.0. The Morgan fingerprint density at radius 2 is 1.73 bits per heavy atom. The zero-order valence-corrected chi connectivity index (χ0v) is 14.9. The standard InChI is InChI=1S/C20H16N4OS/c1-25-17-12-7-10-15(18(17)16-11-5-6-13-21-16)19-23-24-20(26-19)22-14-8-3-2-4-9-14/h2-13H,1H3,(H,22,24). The van der Waals surface area contributed by atoms with Crippen LogP contribution in [0.4, 0.5) is 10.8 Å². The van der Waals surface area contributed by atoms with Gasteiger partial charge in [-0.3, -0.25) is 4.98 Å². The van der Waals surface area contributed by atoms with Gasteiger partial charge in [0.15, 0.2) is 0 Å². The highest BCUT2D eigenvalue weighted by Crippen LogP contribution is 2.40. The van der Waals surface area contributed by atoms with Gasteiger partial charge >= 0.3 is 0 Å². The first-order valence-corrected chi connectivity index (χ1v) is 8.91. The van der Waals surface area contributed by atoms with Gasteiger partial charge in [-0.2, -0.15) is 0 Å². The summed E-state index contributed by atoms with van der Waals surface area (Å²) in [6.45, 7) is 0. The van der Waals surface area contributed by atoms with Crippen LogP contribution in [0.5, 0.6) is 5.75 Å². The lowest BCUT2D eigenvalue weighted by molar-refractivity contribution is 0.416. The van der Waals surface area contributed by atoms with E-state index in [0.717, 1.165) is 38.4 Å². The van der Waals surface area contributed by atoms with Gasteiger partial charge in [0.1, 0.15) is 10.8 Å². The normalized spacial score (nSPS) is 10.5. The van der Waals surface area contributed by atoms with E-state index in [0.29, 0.717) is 0 Å². The lowest BCUT2D eigenvalue weighted by Gasteiger charge is -2.11. The van der Waals surface area contributed by atoms with E-state index in [9.17, 15) is 0 Å². The van der Waals surface area contributed by atoms with Gasteiger partial charge in [-0.1, -0.05) is 47.7 Å². The first kappa shape index (κ1) is 16.2. The Bertz CT molecular complexity index is 1000. The van der Waals surface area contributed by atoms with E-state index < -0.39 is 0 Å². The summed E-state index contributed by atoms with van der Waals surface area (Å²) < 4.78 is 5.57. The molecule has 0 atom stereocenters. The maximum absolute atomic E-state index is 5.57. The number of methoxy groups -OCH3 is 1. The van der Waals surface area contributed by atoms with Gasteiger partial charge in [-0.25, -0.2) is 0 Å². The predicted octanol–water partition coefficient (Wildman–Crippen LogP) is 5.02. The summed E-state index contributed by atoms with van der Waals surface area (Å²) in [6, 6.07) is 21.6. The summed E-state index contributed by atoms with van der Waals surface area (Å²) in [5.41, 5.74) is 3.68. The predicted molar refractivity (Wildman–Crippen MR) is 105 cm³/mol. The number of anilines is 2. The molecule has 0 aliphatic carbocycles. The minimum atomic E-state index is 0.737. The summed E-state index contributed by atoms with van der Waals surface area (Å²) in [4.78, 5) is 4.48. The second-order valence-corrected chi connectivity index (χ2v) is 6.48. The fourth-order valence-electron chi connectivity index (χ4n) is 2.68. The van der Waals surface area contributed by atoms with Crippen molar-refractivity contribution in [3.05, 3.63) is 72.9 Å². The minimum Gasteiger partial charge on any atom is -0.496 e. The van der Waals surface area contributed by atoms with E-state index in [1.807, 2.05) is 66.7 Å². The van der Waals surface area contributed by atoms with Gasteiger partial charge in [-0.15, -0.1) is 10.2 Å². The van der Waals surface area contributed by atoms with Gasteiger partial charge in [-0.05, 0) is 30.3 Å². The fourth-order valence-corrected chi connectivity index (χ4v) is 3.48. The molecular weight excluding hydrogens is 344 g/mol. The summed E-state index contributed by atoms with van der Waals surface area (Å²) in [6.07, 6.45) is 1.77. The Balaban J connectivity index is 1.75. The Labute approximate surface area is 155 Å². The number of pyridine rings is 1. The van der Waals surface area contributed by atoms with Crippen molar-refractivity contribution >= 4 is 22.2 Å². The van der Waals surface area contributed by atoms with Gasteiger partial charge in [0.25, 0.3) is 0 Å². The molecule has 0 spiro atoms. The van der Waals surface area contributed by atoms with Crippen LogP contribution < -0.4 is 10.1 Å². The number of nitrogens with one attached hydrogen (secondary N) is 1. The van der Waals surface area contributed by atoms with E-state index >= 15 is 0 Å². The highest BCUT2D eigenvalue weighted by molar-refractivity contribution is 7.18. The molecule has 4 aromatic rings. The number of nitrogens with zero attached hydrogens (tertiary/aromatic N) is 3. The number of aromatic nitrogens is 3. The largest absolute Gasteiger partial charge is 0.496 e. The molecule has 0 unspecified atom stereocenters. The maximum Gasteiger partial charge on any atom is 0.210 e. The van der Waals surface area contributed by atoms with Crippen LogP contribution in [-0.2, 0) is 0 Å². The number of ether oxygens (including phenoxy) is 1. The summed E-state index contributed by atoms with van der Waals surface area (Å²) >= 11 is 1.49. The third-order valence-electron chi connectivity index (χ3n) is 3.85. The Morgan fingerprint density at radius 1 is 0.885 bits per heavy atom. The molecule has 6 heteroatoms. The average molecular weight is 360 g/mol. The van der Waals surface area contributed by atoms with Crippen LogP contribution in [0.15, 0.2) is 72.9 Å². The second kappa shape index (κ2) is 7.33. The Morgan fingerprint density at radius 3 is 2.50 bits per heavy atom. The molecule has 0 saturated carbocycles. The van der Waals surface area contributed by atoms with Crippen LogP contribution in [0.1, 0.15) is 0 Å². The van der Waals surface area contributed by atoms with Crippen molar-refractivity contribution in [3.63, 3.8) is 0 Å². The van der Waals surface area contributed by atoms with Gasteiger partial charge in [0.05, 0.1) is 18.4 Å². The molecule has 26 heavy (non-hydrogen) atoms. The third-order valence-corrected chi connectivity index (χ3v) is 4.72. The molecule has 0 aliphatic heterocycles. The van der Waals surface area contributed by atoms with Crippen molar-refractivity contribution in [3.8, 4) is 27.6 Å². The van der Waals surface area contributed by atoms with Crippen LogP contribution in [0.25, 0.3) is 21.8 Å². The molecule has 5 nitrogen and oxygen atoms in total. The van der Waals surface area contributed by atoms with Crippen LogP contribution in [0.3, 0.4) is 0 Å². The van der Waals surface area contributed by atoms with E-state index in [2.05, 4.69) is 20.5 Å². The van der Waals surface area contributed by atoms with Crippen molar-refractivity contribution in [2.45, 2.75) is 0 Å². The molecule has 2 aromatic carbocycles. The quantitative estimate of drug-likeness (QED) is 0.541. The number of para-hydroxylation sites is 1. The first-order chi connectivity index (χ1) is 12.8. The number of hydrogen-bond acceptors (Lipinski definition) is 6. The van der Waals surface area contributed by atoms with Crippen molar-refractivity contribution in [2.24, 2.45) is 0 Å². The van der Waals surface area contributed by atoms with Crippen LogP contribution in [0.2, 0.25) is 0 Å². The van der Waals surface area contributed by atoms with Crippen molar-refractivity contribution in [1.82, 2.24) is 15.2 Å². The first-order valence-electron chi connectivity index (χ1n) is 8.09. The van der Waals surface area contributed by atoms with Crippen molar-refractivity contribution in [1.29, 1.82) is 0 Å². The zero-order valence-electron chi connectivity index (χ0n) is 14.1. The molecule has 0 aliphatic rings. The molecule has 2 heterocycles. The van der Waals surface area contributed by atoms with Crippen LogP contribution >= 0.6 is 11.3 Å². The van der Waals surface area contributed by atoms with E-state index in [4.69, 9.17) is 4.74 Å². The third kappa shape index (κ3) is 3.27. The van der Waals surface area contributed by atoms with E-state index in [-0.39, 0.29) is 0 Å². The molecule has 0 fully saturated rings. The second-order valence-electron chi connectivity index (χ2n) is 5.50. The van der Waals surface area contributed by atoms with Crippen molar-refractivity contribution in [2.75, 3.05) is 12.4 Å². The average Bonchev–Trinajstić information content (AvgIpc) is 3.17. The minimum absolute atomic E-state index is 0.737. The van der Waals surface area contributed by atoms with Crippen LogP contribution in [-0.4, -0.2) is 22.3 Å². The summed E-state index contributed by atoms with van der Waals surface area (Å²) in [5.74, 6) is 0.758. The van der Waals surface area contributed by atoms with Gasteiger partial charge in [0, 0.05) is 17.4 Å². The molecule has 1 N–H and O–H groups in total. The van der Waals surface area contributed by atoms with E-state index in [1.165, 1.54) is 11.3 Å². The fraction of sp³-hybridized carbons (Fsp3) is 0.0500. The maximum atomic E-state index is 5.57.